The van der Waals surface area contributed by atoms with Crippen LogP contribution in [0, 0.1) is 6.92 Å². The van der Waals surface area contributed by atoms with E-state index < -0.39 is 17.8 Å². The topological polar surface area (TPSA) is 80.6 Å². The number of hydrogen-bond acceptors (Lipinski definition) is 4. The molecule has 0 saturated carbocycles. The lowest BCUT2D eigenvalue weighted by Crippen LogP contribution is -2.53. The highest BCUT2D eigenvalue weighted by Crippen LogP contribution is 2.28. The summed E-state index contributed by atoms with van der Waals surface area (Å²) in [4.78, 5) is 38.0. The predicted molar refractivity (Wildman–Crippen MR) is 125 cm³/mol. The van der Waals surface area contributed by atoms with Crippen molar-refractivity contribution in [3.8, 4) is 5.75 Å². The molecule has 0 spiro atoms. The summed E-state index contributed by atoms with van der Waals surface area (Å²) in [5.74, 6) is -0.452. The summed E-state index contributed by atoms with van der Waals surface area (Å²) in [6, 6.07) is 13.0. The number of ether oxygens (including phenoxy) is 1. The summed E-state index contributed by atoms with van der Waals surface area (Å²) in [6.45, 7) is 4.90. The number of carbonyl (C=O) groups is 3. The Labute approximate surface area is 193 Å². The molecule has 1 aliphatic heterocycles. The molecule has 0 atom stereocenters. The van der Waals surface area contributed by atoms with Crippen LogP contribution in [0.3, 0.4) is 0 Å². The number of nitrogens with zero attached hydrogens (tertiary/aromatic N) is 2. The van der Waals surface area contributed by atoms with Crippen molar-refractivity contribution in [1.29, 1.82) is 0 Å². The maximum atomic E-state index is 12.7. The van der Waals surface area contributed by atoms with E-state index in [2.05, 4.69) is 21.2 Å². The predicted octanol–water partition coefficient (Wildman–Crippen LogP) is 4.27. The zero-order valence-corrected chi connectivity index (χ0v) is 19.3. The third-order valence-electron chi connectivity index (χ3n) is 5.36. The number of imide groups is 2. The van der Waals surface area contributed by atoms with Gasteiger partial charge in [-0.05, 0) is 49.8 Å². The summed E-state index contributed by atoms with van der Waals surface area (Å²) < 4.78 is 8.85. The molecule has 2 aromatic carbocycles. The number of halogens is 1. The highest BCUT2D eigenvalue weighted by atomic mass is 79.9. The van der Waals surface area contributed by atoms with E-state index in [0.717, 1.165) is 31.6 Å². The number of urea groups is 1. The van der Waals surface area contributed by atoms with Crippen molar-refractivity contribution in [2.45, 2.75) is 20.4 Å². The van der Waals surface area contributed by atoms with Gasteiger partial charge < -0.3 is 9.30 Å². The molecular formula is C24H22BrN3O4. The molecule has 4 rings (SSSR count). The van der Waals surface area contributed by atoms with E-state index in [9.17, 15) is 14.4 Å². The van der Waals surface area contributed by atoms with Crippen LogP contribution in [0.2, 0.25) is 0 Å². The number of barbiturate groups is 1. The Kier molecular flexibility index (Phi) is 6.14. The first-order valence-electron chi connectivity index (χ1n) is 10.2. The average Bonchev–Trinajstić information content (AvgIpc) is 3.09. The second-order valence-corrected chi connectivity index (χ2v) is 8.34. The fourth-order valence-electron chi connectivity index (χ4n) is 3.71. The molecule has 0 unspecified atom stereocenters. The molecule has 4 amide bonds. The van der Waals surface area contributed by atoms with Gasteiger partial charge in [-0.2, -0.15) is 0 Å². The molecule has 2 heterocycles. The summed E-state index contributed by atoms with van der Waals surface area (Å²) in [7, 11) is 0. The van der Waals surface area contributed by atoms with Gasteiger partial charge in [0.15, 0.2) is 0 Å². The molecule has 1 saturated heterocycles. The third-order valence-corrected chi connectivity index (χ3v) is 5.85. The van der Waals surface area contributed by atoms with E-state index in [1.54, 1.807) is 13.0 Å². The van der Waals surface area contributed by atoms with Crippen molar-refractivity contribution in [2.75, 3.05) is 13.2 Å². The van der Waals surface area contributed by atoms with E-state index in [1.807, 2.05) is 60.2 Å². The summed E-state index contributed by atoms with van der Waals surface area (Å²) >= 11 is 3.49. The van der Waals surface area contributed by atoms with Crippen molar-refractivity contribution < 1.29 is 19.1 Å². The van der Waals surface area contributed by atoms with Gasteiger partial charge in [0.1, 0.15) is 17.9 Å². The number of para-hydroxylation sites is 1. The van der Waals surface area contributed by atoms with Crippen LogP contribution in [-0.2, 0) is 16.1 Å². The quantitative estimate of drug-likeness (QED) is 0.408. The van der Waals surface area contributed by atoms with Gasteiger partial charge in [0.05, 0.1) is 6.54 Å². The number of amides is 4. The Balaban J connectivity index is 1.66. The maximum Gasteiger partial charge on any atom is 0.331 e. The summed E-state index contributed by atoms with van der Waals surface area (Å²) in [5, 5.41) is 3.11. The normalized spacial score (nSPS) is 15.5. The van der Waals surface area contributed by atoms with E-state index in [-0.39, 0.29) is 12.1 Å². The van der Waals surface area contributed by atoms with Gasteiger partial charge in [0.25, 0.3) is 11.8 Å². The molecule has 3 aromatic rings. The van der Waals surface area contributed by atoms with E-state index >= 15 is 0 Å². The Hall–Kier alpha value is -3.39. The number of aromatic nitrogens is 1. The van der Waals surface area contributed by atoms with Gasteiger partial charge in [-0.3, -0.25) is 19.8 Å². The second-order valence-electron chi connectivity index (χ2n) is 7.42. The number of hydrogen-bond donors (Lipinski definition) is 1. The second kappa shape index (κ2) is 9.00. The van der Waals surface area contributed by atoms with Gasteiger partial charge in [-0.1, -0.05) is 34.1 Å². The number of likely N-dealkylation sites (N-methyl/N-ethyl adjacent to an activating group) is 1. The molecular weight excluding hydrogens is 474 g/mol. The van der Waals surface area contributed by atoms with Crippen molar-refractivity contribution in [2.24, 2.45) is 0 Å². The van der Waals surface area contributed by atoms with Crippen LogP contribution in [0.25, 0.3) is 17.0 Å². The highest BCUT2D eigenvalue weighted by Gasteiger charge is 2.34. The first kappa shape index (κ1) is 21.8. The maximum absolute atomic E-state index is 12.7. The summed E-state index contributed by atoms with van der Waals surface area (Å²) in [5.41, 5.74) is 2.65. The molecule has 1 fully saturated rings. The first-order chi connectivity index (χ1) is 15.4. The number of nitrogens with one attached hydrogen (secondary N) is 1. The van der Waals surface area contributed by atoms with Crippen LogP contribution in [0.1, 0.15) is 18.1 Å². The van der Waals surface area contributed by atoms with Gasteiger partial charge in [-0.25, -0.2) is 4.79 Å². The number of fused-ring (bicyclic) bond motifs is 1. The van der Waals surface area contributed by atoms with Gasteiger partial charge >= 0.3 is 6.03 Å². The minimum absolute atomic E-state index is 0.0679. The molecule has 164 valence electrons. The number of aryl methyl sites for hydroxylation is 1. The molecule has 0 bridgehead atoms. The lowest BCUT2D eigenvalue weighted by atomic mass is 10.1. The number of rotatable bonds is 6. The highest BCUT2D eigenvalue weighted by molar-refractivity contribution is 9.10. The largest absolute Gasteiger partial charge is 0.491 e. The minimum Gasteiger partial charge on any atom is -0.491 e. The molecule has 0 radical (unpaired) electrons. The molecule has 1 aliphatic rings. The smallest absolute Gasteiger partial charge is 0.331 e. The van der Waals surface area contributed by atoms with Crippen LogP contribution in [0.4, 0.5) is 4.79 Å². The van der Waals surface area contributed by atoms with Crippen molar-refractivity contribution in [3.63, 3.8) is 0 Å². The van der Waals surface area contributed by atoms with E-state index in [4.69, 9.17) is 4.74 Å². The van der Waals surface area contributed by atoms with Crippen LogP contribution in [-0.4, -0.2) is 40.5 Å². The third kappa shape index (κ3) is 4.18. The van der Waals surface area contributed by atoms with Crippen molar-refractivity contribution in [3.05, 3.63) is 69.8 Å². The minimum atomic E-state index is -0.696. The molecule has 0 aliphatic carbocycles. The van der Waals surface area contributed by atoms with Crippen LogP contribution in [0.5, 0.6) is 5.75 Å². The SMILES string of the molecule is CCN1C(=O)NC(=O)/C(=C\c2cn(CCOc3ccccc3C)c3ccc(Br)cc23)C1=O. The fourth-order valence-corrected chi connectivity index (χ4v) is 4.07. The molecule has 1 N–H and O–H groups in total. The zero-order chi connectivity index (χ0) is 22.8. The summed E-state index contributed by atoms with van der Waals surface area (Å²) in [6.07, 6.45) is 3.43. The number of benzene rings is 2. The van der Waals surface area contributed by atoms with Gasteiger partial charge in [0.2, 0.25) is 0 Å². The Morgan fingerprint density at radius 2 is 1.91 bits per heavy atom. The Morgan fingerprint density at radius 3 is 2.66 bits per heavy atom. The molecule has 1 aromatic heterocycles. The van der Waals surface area contributed by atoms with Crippen molar-refractivity contribution >= 4 is 50.8 Å². The Bertz CT molecular complexity index is 1260. The Morgan fingerprint density at radius 1 is 1.12 bits per heavy atom. The van der Waals surface area contributed by atoms with E-state index in [1.165, 1.54) is 0 Å². The van der Waals surface area contributed by atoms with Crippen LogP contribution >= 0.6 is 15.9 Å². The molecule has 7 nitrogen and oxygen atoms in total. The fraction of sp³-hybridized carbons (Fsp3) is 0.208. The monoisotopic (exact) mass is 495 g/mol. The molecule has 32 heavy (non-hydrogen) atoms. The molecule has 8 heteroatoms. The number of carbonyl (C=O) groups excluding carboxylic acids is 3. The van der Waals surface area contributed by atoms with Crippen molar-refractivity contribution in [1.82, 2.24) is 14.8 Å². The van der Waals surface area contributed by atoms with E-state index in [0.29, 0.717) is 18.7 Å². The average molecular weight is 496 g/mol. The van der Waals surface area contributed by atoms with Gasteiger partial charge in [0, 0.05) is 33.7 Å². The lowest BCUT2D eigenvalue weighted by molar-refractivity contribution is -0.129. The van der Waals surface area contributed by atoms with Crippen LogP contribution < -0.4 is 10.1 Å². The first-order valence-corrected chi connectivity index (χ1v) is 11.0. The lowest BCUT2D eigenvalue weighted by Gasteiger charge is -2.24. The zero-order valence-electron chi connectivity index (χ0n) is 17.7. The van der Waals surface area contributed by atoms with Crippen LogP contribution in [0.15, 0.2) is 58.7 Å². The standard InChI is InChI=1S/C24H22BrN3O4/c1-3-28-23(30)19(22(29)26-24(28)31)12-16-14-27(20-9-8-17(25)13-18(16)20)10-11-32-21-7-5-4-6-15(21)2/h4-9,12-14H,3,10-11H2,1-2H3,(H,26,29,31)/b19-12+. The van der Waals surface area contributed by atoms with Gasteiger partial charge in [-0.15, -0.1) is 0 Å².